The third kappa shape index (κ3) is 4.99. The average Bonchev–Trinajstić information content (AvgIpc) is 2.19. The molecule has 0 bridgehead atoms. The minimum atomic E-state index is -0.407. The van der Waals surface area contributed by atoms with Crippen LogP contribution in [0.25, 0.3) is 0 Å². The fourth-order valence-electron chi connectivity index (χ4n) is 1.12. The molecule has 1 atom stereocenters. The first-order valence-corrected chi connectivity index (χ1v) is 5.72. The minimum Gasteiger partial charge on any atom is -0.350 e. The lowest BCUT2D eigenvalue weighted by Gasteiger charge is -2.23. The van der Waals surface area contributed by atoms with Gasteiger partial charge in [-0.3, -0.25) is 4.79 Å². The Labute approximate surface area is 106 Å². The van der Waals surface area contributed by atoms with Gasteiger partial charge in [0.1, 0.15) is 6.04 Å². The van der Waals surface area contributed by atoms with Gasteiger partial charge in [0.25, 0.3) is 0 Å². The highest BCUT2D eigenvalue weighted by atomic mass is 35.5. The Kier molecular flexibility index (Phi) is 4.28. The van der Waals surface area contributed by atoms with Crippen LogP contribution in [0.4, 0.5) is 5.95 Å². The molecular formula is C11H17ClN4O. The first-order chi connectivity index (χ1) is 7.78. The normalized spacial score (nSPS) is 13.0. The Morgan fingerprint density at radius 1 is 1.35 bits per heavy atom. The Hall–Kier alpha value is -1.36. The average molecular weight is 257 g/mol. The van der Waals surface area contributed by atoms with Crippen LogP contribution in [0.3, 0.4) is 0 Å². The molecule has 1 heterocycles. The summed E-state index contributed by atoms with van der Waals surface area (Å²) in [5.41, 5.74) is -0.256. The third-order valence-corrected chi connectivity index (χ3v) is 2.05. The van der Waals surface area contributed by atoms with Gasteiger partial charge in [0.15, 0.2) is 0 Å². The summed E-state index contributed by atoms with van der Waals surface area (Å²) in [6, 6.07) is -0.407. The van der Waals surface area contributed by atoms with Crippen molar-refractivity contribution in [1.82, 2.24) is 15.3 Å². The molecular weight excluding hydrogens is 240 g/mol. The molecule has 0 aliphatic heterocycles. The maximum Gasteiger partial charge on any atom is 0.242 e. The van der Waals surface area contributed by atoms with Crippen LogP contribution in [0.5, 0.6) is 0 Å². The van der Waals surface area contributed by atoms with E-state index in [2.05, 4.69) is 20.6 Å². The first kappa shape index (κ1) is 13.7. The number of amides is 1. The number of hydrogen-bond acceptors (Lipinski definition) is 4. The van der Waals surface area contributed by atoms with Gasteiger partial charge in [-0.05, 0) is 27.7 Å². The molecule has 1 aromatic rings. The van der Waals surface area contributed by atoms with Crippen molar-refractivity contribution < 1.29 is 4.79 Å². The molecule has 1 amide bonds. The number of hydrogen-bond donors (Lipinski definition) is 2. The van der Waals surface area contributed by atoms with Gasteiger partial charge >= 0.3 is 0 Å². The van der Waals surface area contributed by atoms with E-state index in [1.165, 1.54) is 12.4 Å². The smallest absolute Gasteiger partial charge is 0.242 e. The summed E-state index contributed by atoms with van der Waals surface area (Å²) >= 11 is 5.67. The number of nitrogens with one attached hydrogen (secondary N) is 2. The summed E-state index contributed by atoms with van der Waals surface area (Å²) in [5, 5.41) is 6.23. The number of carbonyl (C=O) groups excluding carboxylic acids is 1. The molecule has 0 aliphatic rings. The topological polar surface area (TPSA) is 66.9 Å². The number of anilines is 1. The zero-order valence-electron chi connectivity index (χ0n) is 10.4. The van der Waals surface area contributed by atoms with Crippen molar-refractivity contribution in [3.05, 3.63) is 17.4 Å². The van der Waals surface area contributed by atoms with Gasteiger partial charge in [-0.1, -0.05) is 11.6 Å². The quantitative estimate of drug-likeness (QED) is 0.866. The maximum atomic E-state index is 11.8. The molecule has 0 spiro atoms. The fourth-order valence-corrected chi connectivity index (χ4v) is 1.22. The highest BCUT2D eigenvalue weighted by Crippen LogP contribution is 2.07. The van der Waals surface area contributed by atoms with Crippen LogP contribution in [-0.4, -0.2) is 27.5 Å². The van der Waals surface area contributed by atoms with Gasteiger partial charge in [-0.25, -0.2) is 9.97 Å². The Bertz CT molecular complexity index is 385. The lowest BCUT2D eigenvalue weighted by molar-refractivity contribution is -0.122. The van der Waals surface area contributed by atoms with E-state index >= 15 is 0 Å². The fraction of sp³-hybridized carbons (Fsp3) is 0.545. The second-order valence-electron chi connectivity index (χ2n) is 4.83. The Balaban J connectivity index is 2.57. The number of carbonyl (C=O) groups is 1. The van der Waals surface area contributed by atoms with Crippen molar-refractivity contribution in [2.24, 2.45) is 0 Å². The molecule has 0 aromatic carbocycles. The number of aromatic nitrogens is 2. The summed E-state index contributed by atoms with van der Waals surface area (Å²) in [4.78, 5) is 19.7. The van der Waals surface area contributed by atoms with Gasteiger partial charge in [0.05, 0.1) is 17.4 Å². The van der Waals surface area contributed by atoms with Crippen molar-refractivity contribution in [3.8, 4) is 0 Å². The molecule has 6 heteroatoms. The van der Waals surface area contributed by atoms with E-state index in [0.717, 1.165) is 0 Å². The molecule has 0 radical (unpaired) electrons. The second-order valence-corrected chi connectivity index (χ2v) is 5.27. The van der Waals surface area contributed by atoms with Crippen LogP contribution >= 0.6 is 11.6 Å². The van der Waals surface area contributed by atoms with E-state index < -0.39 is 6.04 Å². The number of nitrogens with zero attached hydrogens (tertiary/aromatic N) is 2. The van der Waals surface area contributed by atoms with Gasteiger partial charge in [-0.2, -0.15) is 0 Å². The summed E-state index contributed by atoms with van der Waals surface area (Å²) in [7, 11) is 0. The van der Waals surface area contributed by atoms with Gasteiger partial charge in [-0.15, -0.1) is 0 Å². The van der Waals surface area contributed by atoms with E-state index in [4.69, 9.17) is 11.6 Å². The monoisotopic (exact) mass is 256 g/mol. The molecule has 0 aliphatic carbocycles. The lowest BCUT2D eigenvalue weighted by Crippen LogP contribution is -2.47. The van der Waals surface area contributed by atoms with E-state index in [1.807, 2.05) is 20.8 Å². The van der Waals surface area contributed by atoms with E-state index in [1.54, 1.807) is 6.92 Å². The van der Waals surface area contributed by atoms with Crippen molar-refractivity contribution >= 4 is 23.5 Å². The van der Waals surface area contributed by atoms with Crippen LogP contribution in [0.2, 0.25) is 5.02 Å². The Morgan fingerprint density at radius 3 is 2.35 bits per heavy atom. The molecule has 94 valence electrons. The number of rotatable bonds is 3. The largest absolute Gasteiger partial charge is 0.350 e. The molecule has 0 saturated heterocycles. The van der Waals surface area contributed by atoms with Crippen LogP contribution < -0.4 is 10.6 Å². The highest BCUT2D eigenvalue weighted by molar-refractivity contribution is 6.30. The maximum absolute atomic E-state index is 11.8. The van der Waals surface area contributed by atoms with E-state index in [-0.39, 0.29) is 11.4 Å². The van der Waals surface area contributed by atoms with E-state index in [9.17, 15) is 4.79 Å². The van der Waals surface area contributed by atoms with Crippen LogP contribution in [0, 0.1) is 0 Å². The molecule has 1 rings (SSSR count). The summed E-state index contributed by atoms with van der Waals surface area (Å²) in [5.74, 6) is 0.280. The van der Waals surface area contributed by atoms with Crippen LogP contribution in [0.15, 0.2) is 12.4 Å². The summed E-state index contributed by atoms with van der Waals surface area (Å²) in [6.07, 6.45) is 2.95. The molecule has 1 aromatic heterocycles. The van der Waals surface area contributed by atoms with Crippen molar-refractivity contribution in [1.29, 1.82) is 0 Å². The van der Waals surface area contributed by atoms with Crippen LogP contribution in [0.1, 0.15) is 27.7 Å². The first-order valence-electron chi connectivity index (χ1n) is 5.34. The molecule has 1 unspecified atom stereocenters. The minimum absolute atomic E-state index is 0.101. The van der Waals surface area contributed by atoms with Crippen LogP contribution in [-0.2, 0) is 4.79 Å². The zero-order valence-corrected chi connectivity index (χ0v) is 11.2. The van der Waals surface area contributed by atoms with Crippen molar-refractivity contribution in [3.63, 3.8) is 0 Å². The van der Waals surface area contributed by atoms with E-state index in [0.29, 0.717) is 11.0 Å². The molecule has 0 fully saturated rings. The van der Waals surface area contributed by atoms with Crippen molar-refractivity contribution in [2.45, 2.75) is 39.3 Å². The lowest BCUT2D eigenvalue weighted by atomic mass is 10.1. The summed E-state index contributed by atoms with van der Waals surface area (Å²) < 4.78 is 0. The predicted molar refractivity (Wildman–Crippen MR) is 68.0 cm³/mol. The van der Waals surface area contributed by atoms with Gasteiger partial charge in [0, 0.05) is 5.54 Å². The van der Waals surface area contributed by atoms with Gasteiger partial charge in [0.2, 0.25) is 11.9 Å². The molecule has 5 nitrogen and oxygen atoms in total. The zero-order chi connectivity index (χ0) is 13.1. The summed E-state index contributed by atoms with van der Waals surface area (Å²) in [6.45, 7) is 7.53. The second kappa shape index (κ2) is 5.31. The Morgan fingerprint density at radius 2 is 1.88 bits per heavy atom. The predicted octanol–water partition coefficient (Wildman–Crippen LogP) is 1.85. The molecule has 2 N–H and O–H groups in total. The number of halogens is 1. The molecule has 17 heavy (non-hydrogen) atoms. The highest BCUT2D eigenvalue weighted by Gasteiger charge is 2.19. The third-order valence-electron chi connectivity index (χ3n) is 1.86. The SMILES string of the molecule is CC(Nc1ncc(Cl)cn1)C(=O)NC(C)(C)C. The standard InChI is InChI=1S/C11H17ClN4O/c1-7(9(17)16-11(2,3)4)15-10-13-5-8(12)6-14-10/h5-7H,1-4H3,(H,16,17)(H,13,14,15). The van der Waals surface area contributed by atoms with Gasteiger partial charge < -0.3 is 10.6 Å². The van der Waals surface area contributed by atoms with Crippen molar-refractivity contribution in [2.75, 3.05) is 5.32 Å². The molecule has 0 saturated carbocycles.